The van der Waals surface area contributed by atoms with Crippen LogP contribution in [0.2, 0.25) is 5.02 Å². The van der Waals surface area contributed by atoms with Gasteiger partial charge in [0.25, 0.3) is 5.91 Å². The minimum atomic E-state index is -0.512. The summed E-state index contributed by atoms with van der Waals surface area (Å²) in [6.45, 7) is 0.499. The van der Waals surface area contributed by atoms with Crippen LogP contribution in [-0.2, 0) is 6.42 Å². The summed E-state index contributed by atoms with van der Waals surface area (Å²) in [5.41, 5.74) is 4.52. The molecule has 30 heavy (non-hydrogen) atoms. The van der Waals surface area contributed by atoms with Crippen LogP contribution in [0.25, 0.3) is 16.8 Å². The molecule has 4 heterocycles. The Bertz CT molecular complexity index is 1290. The van der Waals surface area contributed by atoms with E-state index in [1.165, 1.54) is 23.0 Å². The van der Waals surface area contributed by atoms with E-state index in [1.54, 1.807) is 23.3 Å². The number of hydrogen-bond donors (Lipinski definition) is 0. The number of hydrazine groups is 1. The molecule has 0 bridgehead atoms. The summed E-state index contributed by atoms with van der Waals surface area (Å²) >= 11 is 5.95. The molecule has 1 aromatic carbocycles. The standard InChI is InChI=1S/C21H16ClFN6O/c1-27-18-3-2-13(14-4-6-24-19(23)9-14)8-15(18)5-7-29(27)21(30)17-10-20-25-11-16(22)12-28(20)26-17/h2-4,6,8-12H,5,7H2,1H3. The third-order valence-electron chi connectivity index (χ3n) is 5.18. The highest BCUT2D eigenvalue weighted by atomic mass is 35.5. The van der Waals surface area contributed by atoms with E-state index in [4.69, 9.17) is 11.6 Å². The summed E-state index contributed by atoms with van der Waals surface area (Å²) in [7, 11) is 1.84. The molecule has 0 aliphatic carbocycles. The fourth-order valence-electron chi connectivity index (χ4n) is 3.70. The fraction of sp³-hybridized carbons (Fsp3) is 0.143. The molecule has 5 rings (SSSR count). The van der Waals surface area contributed by atoms with Crippen molar-refractivity contribution in [1.82, 2.24) is 24.6 Å². The first-order chi connectivity index (χ1) is 14.5. The third kappa shape index (κ3) is 3.15. The average Bonchev–Trinajstić information content (AvgIpc) is 3.16. The molecule has 3 aromatic heterocycles. The van der Waals surface area contributed by atoms with Gasteiger partial charge in [-0.1, -0.05) is 17.7 Å². The van der Waals surface area contributed by atoms with E-state index < -0.39 is 5.95 Å². The maximum absolute atomic E-state index is 13.5. The van der Waals surface area contributed by atoms with E-state index in [-0.39, 0.29) is 5.91 Å². The van der Waals surface area contributed by atoms with Crippen molar-refractivity contribution in [3.63, 3.8) is 0 Å². The Kier molecular flexibility index (Phi) is 4.36. The van der Waals surface area contributed by atoms with Gasteiger partial charge in [0.2, 0.25) is 5.95 Å². The molecule has 0 radical (unpaired) electrons. The van der Waals surface area contributed by atoms with Gasteiger partial charge in [0, 0.05) is 38.1 Å². The summed E-state index contributed by atoms with van der Waals surface area (Å²) in [5.74, 6) is -0.729. The van der Waals surface area contributed by atoms with Gasteiger partial charge in [0.1, 0.15) is 0 Å². The number of benzene rings is 1. The number of amides is 1. The normalized spacial score (nSPS) is 13.6. The third-order valence-corrected chi connectivity index (χ3v) is 5.37. The lowest BCUT2D eigenvalue weighted by atomic mass is 9.99. The van der Waals surface area contributed by atoms with Gasteiger partial charge in [0.05, 0.1) is 16.9 Å². The molecule has 0 unspecified atom stereocenters. The van der Waals surface area contributed by atoms with E-state index in [0.717, 1.165) is 22.4 Å². The lowest BCUT2D eigenvalue weighted by Crippen LogP contribution is -2.48. The molecule has 0 spiro atoms. The zero-order valence-corrected chi connectivity index (χ0v) is 16.7. The van der Waals surface area contributed by atoms with Gasteiger partial charge in [-0.2, -0.15) is 9.49 Å². The second-order valence-corrected chi connectivity index (χ2v) is 7.45. The van der Waals surface area contributed by atoms with Crippen molar-refractivity contribution < 1.29 is 9.18 Å². The maximum Gasteiger partial charge on any atom is 0.292 e. The molecule has 0 saturated carbocycles. The molecule has 1 amide bonds. The number of anilines is 1. The Morgan fingerprint density at radius 1 is 1.13 bits per heavy atom. The van der Waals surface area contributed by atoms with Crippen LogP contribution in [0.4, 0.5) is 10.1 Å². The van der Waals surface area contributed by atoms with Gasteiger partial charge in [-0.3, -0.25) is 9.80 Å². The van der Waals surface area contributed by atoms with Crippen molar-refractivity contribution in [3.8, 4) is 11.1 Å². The van der Waals surface area contributed by atoms with E-state index in [2.05, 4.69) is 15.1 Å². The summed E-state index contributed by atoms with van der Waals surface area (Å²) in [4.78, 5) is 20.9. The zero-order chi connectivity index (χ0) is 20.8. The van der Waals surface area contributed by atoms with Crippen molar-refractivity contribution in [2.24, 2.45) is 0 Å². The number of carbonyl (C=O) groups is 1. The maximum atomic E-state index is 13.5. The van der Waals surface area contributed by atoms with Gasteiger partial charge in [0.15, 0.2) is 11.3 Å². The predicted octanol–water partition coefficient (Wildman–Crippen LogP) is 3.63. The second kappa shape index (κ2) is 7.07. The summed E-state index contributed by atoms with van der Waals surface area (Å²) in [6.07, 6.45) is 5.25. The van der Waals surface area contributed by atoms with E-state index in [9.17, 15) is 9.18 Å². The topological polar surface area (TPSA) is 66.6 Å². The van der Waals surface area contributed by atoms with Crippen molar-refractivity contribution in [3.05, 3.63) is 77.2 Å². The monoisotopic (exact) mass is 422 g/mol. The first kappa shape index (κ1) is 18.5. The highest BCUT2D eigenvalue weighted by Crippen LogP contribution is 2.32. The van der Waals surface area contributed by atoms with Gasteiger partial charge in [-0.05, 0) is 41.3 Å². The molecule has 0 fully saturated rings. The highest BCUT2D eigenvalue weighted by Gasteiger charge is 2.28. The summed E-state index contributed by atoms with van der Waals surface area (Å²) in [5, 5.41) is 8.23. The SMILES string of the molecule is CN1c2ccc(-c3ccnc(F)c3)cc2CCN1C(=O)c1cc2ncc(Cl)cn2n1. The predicted molar refractivity (Wildman–Crippen MR) is 111 cm³/mol. The van der Waals surface area contributed by atoms with Crippen molar-refractivity contribution in [2.75, 3.05) is 18.6 Å². The average molecular weight is 423 g/mol. The minimum Gasteiger partial charge on any atom is -0.285 e. The number of pyridine rings is 1. The smallest absolute Gasteiger partial charge is 0.285 e. The Balaban J connectivity index is 1.44. The molecule has 150 valence electrons. The quantitative estimate of drug-likeness (QED) is 0.461. The number of nitrogens with zero attached hydrogens (tertiary/aromatic N) is 6. The Hall–Kier alpha value is -3.52. The van der Waals surface area contributed by atoms with E-state index in [0.29, 0.717) is 29.3 Å². The van der Waals surface area contributed by atoms with Crippen LogP contribution in [0.15, 0.2) is 55.0 Å². The fourth-order valence-corrected chi connectivity index (χ4v) is 3.84. The lowest BCUT2D eigenvalue weighted by Gasteiger charge is -2.38. The first-order valence-electron chi connectivity index (χ1n) is 9.31. The number of carbonyl (C=O) groups excluding carboxylic acids is 1. The molecule has 7 nitrogen and oxygen atoms in total. The molecule has 0 N–H and O–H groups in total. The Morgan fingerprint density at radius 2 is 1.97 bits per heavy atom. The van der Waals surface area contributed by atoms with Crippen LogP contribution < -0.4 is 5.01 Å². The highest BCUT2D eigenvalue weighted by molar-refractivity contribution is 6.30. The minimum absolute atomic E-state index is 0.218. The molecule has 1 aliphatic heterocycles. The lowest BCUT2D eigenvalue weighted by molar-refractivity contribution is 0.0732. The van der Waals surface area contributed by atoms with Crippen molar-refractivity contribution >= 4 is 28.8 Å². The van der Waals surface area contributed by atoms with Crippen molar-refractivity contribution in [2.45, 2.75) is 6.42 Å². The molecule has 1 aliphatic rings. The number of halogens is 2. The molecular weight excluding hydrogens is 407 g/mol. The van der Waals surface area contributed by atoms with Gasteiger partial charge < -0.3 is 0 Å². The Morgan fingerprint density at radius 3 is 2.80 bits per heavy atom. The Labute approximate surface area is 176 Å². The summed E-state index contributed by atoms with van der Waals surface area (Å²) < 4.78 is 15.0. The van der Waals surface area contributed by atoms with Crippen LogP contribution >= 0.6 is 11.6 Å². The van der Waals surface area contributed by atoms with Crippen LogP contribution in [0.1, 0.15) is 16.1 Å². The number of rotatable bonds is 2. The van der Waals surface area contributed by atoms with Crippen LogP contribution in [0.3, 0.4) is 0 Å². The second-order valence-electron chi connectivity index (χ2n) is 7.02. The number of aromatic nitrogens is 4. The molecular formula is C21H16ClFN6O. The van der Waals surface area contributed by atoms with E-state index >= 15 is 0 Å². The number of fused-ring (bicyclic) bond motifs is 2. The largest absolute Gasteiger partial charge is 0.292 e. The van der Waals surface area contributed by atoms with Crippen molar-refractivity contribution in [1.29, 1.82) is 0 Å². The first-order valence-corrected chi connectivity index (χ1v) is 9.69. The molecule has 0 saturated heterocycles. The van der Waals surface area contributed by atoms with Crippen LogP contribution in [0, 0.1) is 5.95 Å². The van der Waals surface area contributed by atoms with Crippen LogP contribution in [-0.4, -0.2) is 44.1 Å². The summed E-state index contributed by atoms with van der Waals surface area (Å²) in [6, 6.07) is 10.7. The van der Waals surface area contributed by atoms with Gasteiger partial charge in [-0.25, -0.2) is 19.5 Å². The zero-order valence-electron chi connectivity index (χ0n) is 16.0. The molecule has 9 heteroatoms. The number of hydrogen-bond acceptors (Lipinski definition) is 5. The van der Waals surface area contributed by atoms with Gasteiger partial charge >= 0.3 is 0 Å². The molecule has 4 aromatic rings. The van der Waals surface area contributed by atoms with Crippen LogP contribution in [0.5, 0.6) is 0 Å². The van der Waals surface area contributed by atoms with Gasteiger partial charge in [-0.15, -0.1) is 0 Å². The van der Waals surface area contributed by atoms with E-state index in [1.807, 2.05) is 30.3 Å². The molecule has 0 atom stereocenters.